The molecule has 134 valence electrons. The SMILES string of the molecule is CCn1cc2c3c(cccc31)CN(C(=O)Nc1cccc(C)c1C)CC2. The van der Waals surface area contributed by atoms with E-state index in [-0.39, 0.29) is 6.03 Å². The molecular formula is C22H25N3O. The van der Waals surface area contributed by atoms with E-state index in [4.69, 9.17) is 0 Å². The first kappa shape index (κ1) is 16.7. The first-order valence-corrected chi connectivity index (χ1v) is 9.30. The molecule has 0 fully saturated rings. The fraction of sp³-hybridized carbons (Fsp3) is 0.318. The monoisotopic (exact) mass is 347 g/mol. The van der Waals surface area contributed by atoms with Crippen molar-refractivity contribution < 1.29 is 4.79 Å². The summed E-state index contributed by atoms with van der Waals surface area (Å²) in [4.78, 5) is 14.8. The third kappa shape index (κ3) is 2.75. The predicted molar refractivity (Wildman–Crippen MR) is 107 cm³/mol. The maximum Gasteiger partial charge on any atom is 0.322 e. The van der Waals surface area contributed by atoms with Gasteiger partial charge in [0.05, 0.1) is 0 Å². The summed E-state index contributed by atoms with van der Waals surface area (Å²) in [5.74, 6) is 0. The van der Waals surface area contributed by atoms with Gasteiger partial charge in [-0.3, -0.25) is 0 Å². The number of amides is 2. The highest BCUT2D eigenvalue weighted by atomic mass is 16.2. The summed E-state index contributed by atoms with van der Waals surface area (Å²) < 4.78 is 2.31. The standard InChI is InChI=1S/C22H25N3O/c1-4-24-13-18-11-12-25(14-17-8-6-10-20(24)21(17)18)22(26)23-19-9-5-7-15(2)16(19)3/h5-10,13H,4,11-12,14H2,1-3H3,(H,23,26). The van der Waals surface area contributed by atoms with Crippen molar-refractivity contribution in [1.82, 2.24) is 9.47 Å². The highest BCUT2D eigenvalue weighted by molar-refractivity contribution is 5.92. The van der Waals surface area contributed by atoms with Crippen LogP contribution in [0.25, 0.3) is 10.9 Å². The Hall–Kier alpha value is -2.75. The number of aromatic nitrogens is 1. The largest absolute Gasteiger partial charge is 0.347 e. The van der Waals surface area contributed by atoms with Gasteiger partial charge in [-0.1, -0.05) is 24.3 Å². The second-order valence-electron chi connectivity index (χ2n) is 7.10. The lowest BCUT2D eigenvalue weighted by atomic mass is 10.1. The Balaban J connectivity index is 1.62. The van der Waals surface area contributed by atoms with Crippen molar-refractivity contribution in [3.63, 3.8) is 0 Å². The normalized spacial score (nSPS) is 13.7. The van der Waals surface area contributed by atoms with Crippen LogP contribution in [-0.2, 0) is 19.5 Å². The van der Waals surface area contributed by atoms with Crippen molar-refractivity contribution in [2.75, 3.05) is 11.9 Å². The molecule has 2 amide bonds. The highest BCUT2D eigenvalue weighted by Crippen LogP contribution is 2.30. The molecule has 1 aromatic heterocycles. The smallest absolute Gasteiger partial charge is 0.322 e. The molecule has 1 aliphatic heterocycles. The number of carbonyl (C=O) groups is 1. The van der Waals surface area contributed by atoms with Gasteiger partial charge in [0.25, 0.3) is 0 Å². The number of anilines is 1. The topological polar surface area (TPSA) is 37.3 Å². The second-order valence-corrected chi connectivity index (χ2v) is 7.10. The first-order valence-electron chi connectivity index (χ1n) is 9.30. The number of benzene rings is 2. The molecule has 0 radical (unpaired) electrons. The number of urea groups is 1. The van der Waals surface area contributed by atoms with Gasteiger partial charge >= 0.3 is 6.03 Å². The van der Waals surface area contributed by atoms with Crippen molar-refractivity contribution in [3.05, 3.63) is 64.8 Å². The number of carbonyl (C=O) groups excluding carboxylic acids is 1. The van der Waals surface area contributed by atoms with E-state index < -0.39 is 0 Å². The van der Waals surface area contributed by atoms with Gasteiger partial charge in [0, 0.05) is 42.4 Å². The van der Waals surface area contributed by atoms with Crippen molar-refractivity contribution in [3.8, 4) is 0 Å². The Labute approximate surface area is 154 Å². The van der Waals surface area contributed by atoms with Crippen LogP contribution in [0.15, 0.2) is 42.6 Å². The molecule has 1 N–H and O–H groups in total. The van der Waals surface area contributed by atoms with Gasteiger partial charge in [-0.25, -0.2) is 4.79 Å². The molecule has 0 spiro atoms. The van der Waals surface area contributed by atoms with Crippen LogP contribution in [0.3, 0.4) is 0 Å². The van der Waals surface area contributed by atoms with Crippen LogP contribution in [0, 0.1) is 13.8 Å². The summed E-state index contributed by atoms with van der Waals surface area (Å²) in [5.41, 5.74) is 7.06. The highest BCUT2D eigenvalue weighted by Gasteiger charge is 2.22. The van der Waals surface area contributed by atoms with E-state index in [1.54, 1.807) is 0 Å². The molecule has 4 heteroatoms. The molecule has 0 saturated carbocycles. The predicted octanol–water partition coefficient (Wildman–Crippen LogP) is 4.87. The third-order valence-electron chi connectivity index (χ3n) is 5.56. The Morgan fingerprint density at radius 2 is 1.92 bits per heavy atom. The Morgan fingerprint density at radius 1 is 1.12 bits per heavy atom. The minimum absolute atomic E-state index is 0.0239. The van der Waals surface area contributed by atoms with E-state index in [0.29, 0.717) is 6.54 Å². The van der Waals surface area contributed by atoms with E-state index in [0.717, 1.165) is 30.8 Å². The number of hydrogen-bond donors (Lipinski definition) is 1. The molecule has 2 heterocycles. The third-order valence-corrected chi connectivity index (χ3v) is 5.56. The lowest BCUT2D eigenvalue weighted by Crippen LogP contribution is -2.35. The fourth-order valence-corrected chi connectivity index (χ4v) is 3.90. The van der Waals surface area contributed by atoms with E-state index >= 15 is 0 Å². The van der Waals surface area contributed by atoms with Crippen LogP contribution < -0.4 is 5.32 Å². The van der Waals surface area contributed by atoms with E-state index in [1.807, 2.05) is 24.0 Å². The van der Waals surface area contributed by atoms with Crippen LogP contribution in [0.2, 0.25) is 0 Å². The van der Waals surface area contributed by atoms with Gasteiger partial charge in [-0.05, 0) is 61.6 Å². The van der Waals surface area contributed by atoms with Gasteiger partial charge in [-0.15, -0.1) is 0 Å². The number of nitrogens with zero attached hydrogens (tertiary/aromatic N) is 2. The minimum Gasteiger partial charge on any atom is -0.347 e. The summed E-state index contributed by atoms with van der Waals surface area (Å²) in [6.07, 6.45) is 3.14. The van der Waals surface area contributed by atoms with Crippen LogP contribution in [0.5, 0.6) is 0 Å². The van der Waals surface area contributed by atoms with Crippen molar-refractivity contribution in [1.29, 1.82) is 0 Å². The zero-order chi connectivity index (χ0) is 18.3. The molecule has 1 aliphatic rings. The molecule has 26 heavy (non-hydrogen) atoms. The Morgan fingerprint density at radius 3 is 2.73 bits per heavy atom. The van der Waals surface area contributed by atoms with Gasteiger partial charge in [0.15, 0.2) is 0 Å². The molecule has 4 nitrogen and oxygen atoms in total. The zero-order valence-electron chi connectivity index (χ0n) is 15.7. The Kier molecular flexibility index (Phi) is 4.19. The number of rotatable bonds is 2. The molecule has 4 rings (SSSR count). The van der Waals surface area contributed by atoms with E-state index in [2.05, 4.69) is 54.2 Å². The van der Waals surface area contributed by atoms with Crippen LogP contribution in [0.1, 0.15) is 29.2 Å². The van der Waals surface area contributed by atoms with Gasteiger partial charge in [-0.2, -0.15) is 0 Å². The molecule has 3 aromatic rings. The van der Waals surface area contributed by atoms with Crippen LogP contribution >= 0.6 is 0 Å². The molecule has 0 bridgehead atoms. The fourth-order valence-electron chi connectivity index (χ4n) is 3.90. The van der Waals surface area contributed by atoms with Gasteiger partial charge in [0.2, 0.25) is 0 Å². The molecule has 0 aliphatic carbocycles. The summed E-state index contributed by atoms with van der Waals surface area (Å²) >= 11 is 0. The molecule has 2 aromatic carbocycles. The summed E-state index contributed by atoms with van der Waals surface area (Å²) in [5, 5.41) is 4.43. The van der Waals surface area contributed by atoms with Crippen molar-refractivity contribution in [2.45, 2.75) is 40.3 Å². The second kappa shape index (κ2) is 6.52. The van der Waals surface area contributed by atoms with Crippen LogP contribution in [0.4, 0.5) is 10.5 Å². The van der Waals surface area contributed by atoms with E-state index in [1.165, 1.54) is 27.6 Å². The summed E-state index contributed by atoms with van der Waals surface area (Å²) in [6, 6.07) is 12.4. The van der Waals surface area contributed by atoms with Crippen LogP contribution in [-0.4, -0.2) is 22.0 Å². The Bertz CT molecular complexity index is 986. The quantitative estimate of drug-likeness (QED) is 0.706. The molecular weight excluding hydrogens is 322 g/mol. The van der Waals surface area contributed by atoms with E-state index in [9.17, 15) is 4.79 Å². The van der Waals surface area contributed by atoms with Crippen molar-refractivity contribution >= 4 is 22.6 Å². The zero-order valence-corrected chi connectivity index (χ0v) is 15.7. The maximum atomic E-state index is 12.9. The van der Waals surface area contributed by atoms with Crippen molar-refractivity contribution in [2.24, 2.45) is 0 Å². The average molecular weight is 347 g/mol. The van der Waals surface area contributed by atoms with Gasteiger partial charge < -0.3 is 14.8 Å². The molecule has 0 atom stereocenters. The first-order chi connectivity index (χ1) is 12.6. The summed E-state index contributed by atoms with van der Waals surface area (Å²) in [7, 11) is 0. The lowest BCUT2D eigenvalue weighted by Gasteiger charge is -2.22. The average Bonchev–Trinajstić information content (AvgIpc) is 2.89. The minimum atomic E-state index is -0.0239. The number of aryl methyl sites for hydroxylation is 2. The van der Waals surface area contributed by atoms with Gasteiger partial charge in [0.1, 0.15) is 0 Å². The number of hydrogen-bond acceptors (Lipinski definition) is 1. The number of nitrogens with one attached hydrogen (secondary N) is 1. The molecule has 0 saturated heterocycles. The summed E-state index contributed by atoms with van der Waals surface area (Å²) in [6.45, 7) is 8.63. The maximum absolute atomic E-state index is 12.9. The molecule has 0 unspecified atom stereocenters. The lowest BCUT2D eigenvalue weighted by molar-refractivity contribution is 0.210.